The number of aromatic nitrogens is 4. The van der Waals surface area contributed by atoms with Crippen molar-refractivity contribution in [3.63, 3.8) is 0 Å². The average molecular weight is 422 g/mol. The van der Waals surface area contributed by atoms with E-state index in [9.17, 15) is 4.79 Å². The minimum atomic E-state index is -0.0375. The molecule has 3 aromatic heterocycles. The van der Waals surface area contributed by atoms with Gasteiger partial charge in [-0.1, -0.05) is 19.1 Å². The second-order valence-electron chi connectivity index (χ2n) is 8.04. The Morgan fingerprint density at radius 2 is 2.10 bits per heavy atom. The number of nitrogens with zero attached hydrogens (tertiary/aromatic N) is 4. The van der Waals surface area contributed by atoms with E-state index in [1.165, 1.54) is 18.4 Å². The summed E-state index contributed by atoms with van der Waals surface area (Å²) in [6.45, 7) is 3.75. The van der Waals surface area contributed by atoms with Crippen LogP contribution in [-0.4, -0.2) is 32.8 Å². The highest BCUT2D eigenvalue weighted by molar-refractivity contribution is 5.46. The first kappa shape index (κ1) is 21.2. The topological polar surface area (TPSA) is 74.0 Å². The van der Waals surface area contributed by atoms with Gasteiger partial charge < -0.3 is 10.1 Å². The fraction of sp³-hybridized carbons (Fsp3) is 0.458. The number of ether oxygens (including phenoxy) is 1. The quantitative estimate of drug-likeness (QED) is 0.598. The Morgan fingerprint density at radius 3 is 2.87 bits per heavy atom. The Hall–Kier alpha value is -3.09. The molecule has 0 aliphatic carbocycles. The van der Waals surface area contributed by atoms with Crippen molar-refractivity contribution in [1.29, 1.82) is 0 Å². The van der Waals surface area contributed by atoms with E-state index >= 15 is 0 Å². The maximum Gasteiger partial charge on any atom is 0.328 e. The van der Waals surface area contributed by atoms with Gasteiger partial charge in [0.25, 0.3) is 0 Å². The first-order chi connectivity index (χ1) is 15.2. The van der Waals surface area contributed by atoms with Crippen LogP contribution in [0.4, 0.5) is 5.82 Å². The second-order valence-corrected chi connectivity index (χ2v) is 8.04. The third-order valence-corrected chi connectivity index (χ3v) is 5.98. The van der Waals surface area contributed by atoms with E-state index in [4.69, 9.17) is 9.72 Å². The van der Waals surface area contributed by atoms with Gasteiger partial charge in [-0.15, -0.1) is 0 Å². The van der Waals surface area contributed by atoms with E-state index in [2.05, 4.69) is 29.4 Å². The molecule has 4 rings (SSSR count). The van der Waals surface area contributed by atoms with E-state index in [0.717, 1.165) is 49.3 Å². The van der Waals surface area contributed by atoms with E-state index in [1.807, 2.05) is 24.5 Å². The zero-order chi connectivity index (χ0) is 21.6. The highest BCUT2D eigenvalue weighted by atomic mass is 16.5. The molecule has 1 aliphatic rings. The standard InChI is InChI=1S/C24H31N5O2/c1-3-21(19-10-12-22(31-2)26-17-19)29-16-15-28(24(29)30)14-6-8-20-11-9-18-7-4-5-13-25-23(18)27-20/h9-12,15-17,21H,3-8,13-14H2,1-2H3,(H,25,27). The van der Waals surface area contributed by atoms with Crippen molar-refractivity contribution in [1.82, 2.24) is 19.1 Å². The van der Waals surface area contributed by atoms with E-state index in [-0.39, 0.29) is 11.7 Å². The van der Waals surface area contributed by atoms with Gasteiger partial charge in [-0.2, -0.15) is 0 Å². The molecule has 31 heavy (non-hydrogen) atoms. The summed E-state index contributed by atoms with van der Waals surface area (Å²) in [5.74, 6) is 1.61. The summed E-state index contributed by atoms with van der Waals surface area (Å²) in [6, 6.07) is 8.10. The van der Waals surface area contributed by atoms with Gasteiger partial charge in [0.2, 0.25) is 5.88 Å². The molecule has 164 valence electrons. The van der Waals surface area contributed by atoms with Gasteiger partial charge in [0.1, 0.15) is 5.82 Å². The van der Waals surface area contributed by atoms with Gasteiger partial charge in [0.05, 0.1) is 13.2 Å². The van der Waals surface area contributed by atoms with Crippen molar-refractivity contribution in [3.05, 3.63) is 70.2 Å². The lowest BCUT2D eigenvalue weighted by molar-refractivity contribution is 0.397. The van der Waals surface area contributed by atoms with Crippen LogP contribution >= 0.6 is 0 Å². The molecular formula is C24H31N5O2. The van der Waals surface area contributed by atoms with Crippen LogP contribution < -0.4 is 15.7 Å². The first-order valence-electron chi connectivity index (χ1n) is 11.2. The molecule has 7 nitrogen and oxygen atoms in total. The van der Waals surface area contributed by atoms with Crippen molar-refractivity contribution in [2.24, 2.45) is 0 Å². The summed E-state index contributed by atoms with van der Waals surface area (Å²) in [5.41, 5.74) is 3.41. The SMILES string of the molecule is CCC(c1ccc(OC)nc1)n1ccn(CCCc2ccc3c(n2)NCCCC3)c1=O. The van der Waals surface area contributed by atoms with Crippen molar-refractivity contribution >= 4 is 5.82 Å². The number of rotatable bonds is 8. The molecule has 0 radical (unpaired) electrons. The molecule has 0 aromatic carbocycles. The van der Waals surface area contributed by atoms with Crippen LogP contribution in [0.15, 0.2) is 47.7 Å². The Bertz CT molecular complexity index is 1050. The lowest BCUT2D eigenvalue weighted by atomic mass is 10.1. The molecule has 0 amide bonds. The van der Waals surface area contributed by atoms with Crippen LogP contribution in [0.2, 0.25) is 0 Å². The Kier molecular flexibility index (Phi) is 6.70. The van der Waals surface area contributed by atoms with Crippen molar-refractivity contribution in [3.8, 4) is 5.88 Å². The fourth-order valence-electron chi connectivity index (χ4n) is 4.24. The summed E-state index contributed by atoms with van der Waals surface area (Å²) >= 11 is 0. The summed E-state index contributed by atoms with van der Waals surface area (Å²) in [5, 5.41) is 3.45. The lowest BCUT2D eigenvalue weighted by Gasteiger charge is -2.16. The Labute approximate surface area is 183 Å². The van der Waals surface area contributed by atoms with Gasteiger partial charge in [-0.25, -0.2) is 14.8 Å². The number of hydrogen-bond donors (Lipinski definition) is 1. The zero-order valence-electron chi connectivity index (χ0n) is 18.4. The maximum atomic E-state index is 13.0. The van der Waals surface area contributed by atoms with Crippen LogP contribution in [0.3, 0.4) is 0 Å². The number of pyridine rings is 2. The van der Waals surface area contributed by atoms with E-state index in [1.54, 1.807) is 22.4 Å². The third kappa shape index (κ3) is 4.81. The summed E-state index contributed by atoms with van der Waals surface area (Å²) < 4.78 is 8.73. The highest BCUT2D eigenvalue weighted by Crippen LogP contribution is 2.22. The van der Waals surface area contributed by atoms with Crippen LogP contribution in [0.25, 0.3) is 0 Å². The second kappa shape index (κ2) is 9.81. The fourth-order valence-corrected chi connectivity index (χ4v) is 4.24. The number of hydrogen-bond acceptors (Lipinski definition) is 5. The van der Waals surface area contributed by atoms with Gasteiger partial charge in [-0.3, -0.25) is 9.13 Å². The molecule has 4 heterocycles. The minimum Gasteiger partial charge on any atom is -0.481 e. The van der Waals surface area contributed by atoms with Crippen molar-refractivity contribution < 1.29 is 4.74 Å². The summed E-state index contributed by atoms with van der Waals surface area (Å²) in [7, 11) is 1.60. The number of fused-ring (bicyclic) bond motifs is 1. The normalized spacial score (nSPS) is 14.4. The van der Waals surface area contributed by atoms with E-state index in [0.29, 0.717) is 12.4 Å². The van der Waals surface area contributed by atoms with Crippen LogP contribution in [0, 0.1) is 0 Å². The molecular weight excluding hydrogens is 390 g/mol. The van der Waals surface area contributed by atoms with Gasteiger partial charge in [0.15, 0.2) is 0 Å². The highest BCUT2D eigenvalue weighted by Gasteiger charge is 2.16. The van der Waals surface area contributed by atoms with Gasteiger partial charge in [0, 0.05) is 43.4 Å². The monoisotopic (exact) mass is 421 g/mol. The number of anilines is 1. The van der Waals surface area contributed by atoms with Crippen LogP contribution in [0.5, 0.6) is 5.88 Å². The molecule has 0 fully saturated rings. The molecule has 1 aliphatic heterocycles. The molecule has 3 aromatic rings. The van der Waals surface area contributed by atoms with Crippen LogP contribution in [0.1, 0.15) is 55.5 Å². The zero-order valence-corrected chi connectivity index (χ0v) is 18.4. The largest absolute Gasteiger partial charge is 0.481 e. The maximum absolute atomic E-state index is 13.0. The molecule has 0 saturated heterocycles. The predicted octanol–water partition coefficient (Wildman–Crippen LogP) is 3.83. The Balaban J connectivity index is 1.41. The average Bonchev–Trinajstić information content (AvgIpc) is 3.00. The molecule has 0 saturated carbocycles. The molecule has 1 N–H and O–H groups in total. The number of nitrogens with one attached hydrogen (secondary N) is 1. The first-order valence-corrected chi connectivity index (χ1v) is 11.2. The number of aryl methyl sites for hydroxylation is 3. The molecule has 0 bridgehead atoms. The molecule has 1 atom stereocenters. The summed E-state index contributed by atoms with van der Waals surface area (Å²) in [4.78, 5) is 22.1. The lowest BCUT2D eigenvalue weighted by Crippen LogP contribution is -2.28. The molecule has 0 spiro atoms. The van der Waals surface area contributed by atoms with Gasteiger partial charge in [-0.05, 0) is 55.7 Å². The van der Waals surface area contributed by atoms with Crippen molar-refractivity contribution in [2.45, 2.75) is 58.0 Å². The van der Waals surface area contributed by atoms with Gasteiger partial charge >= 0.3 is 5.69 Å². The smallest absolute Gasteiger partial charge is 0.328 e. The third-order valence-electron chi connectivity index (χ3n) is 5.98. The summed E-state index contributed by atoms with van der Waals surface area (Å²) in [6.07, 6.45) is 11.6. The Morgan fingerprint density at radius 1 is 1.19 bits per heavy atom. The van der Waals surface area contributed by atoms with Crippen LogP contribution in [-0.2, 0) is 19.4 Å². The van der Waals surface area contributed by atoms with E-state index < -0.39 is 0 Å². The number of methoxy groups -OCH3 is 1. The van der Waals surface area contributed by atoms with Crippen molar-refractivity contribution in [2.75, 3.05) is 19.0 Å². The molecule has 1 unspecified atom stereocenters. The minimum absolute atomic E-state index is 0.0132. The predicted molar refractivity (Wildman–Crippen MR) is 122 cm³/mol. The molecule has 7 heteroatoms. The number of imidazole rings is 1.